The molecule has 0 aliphatic carbocycles. The number of fused-ring (bicyclic) bond motifs is 1. The van der Waals surface area contributed by atoms with Crippen molar-refractivity contribution in [3.63, 3.8) is 0 Å². The molecule has 31 heavy (non-hydrogen) atoms. The van der Waals surface area contributed by atoms with E-state index in [1.54, 1.807) is 34.4 Å². The van der Waals surface area contributed by atoms with Crippen molar-refractivity contribution >= 4 is 56.4 Å². The fraction of sp³-hybridized carbons (Fsp3) is 0.217. The van der Waals surface area contributed by atoms with Crippen LogP contribution in [0.3, 0.4) is 0 Å². The van der Waals surface area contributed by atoms with Gasteiger partial charge in [-0.2, -0.15) is 4.89 Å². The third-order valence-electron chi connectivity index (χ3n) is 4.61. The van der Waals surface area contributed by atoms with Gasteiger partial charge in [-0.1, -0.05) is 49.7 Å². The third-order valence-corrected chi connectivity index (χ3v) is 7.94. The summed E-state index contributed by atoms with van der Waals surface area (Å²) in [5.74, 6) is 0.968. The minimum Gasteiger partial charge on any atom is -0.286 e. The Balaban J connectivity index is 1.92. The van der Waals surface area contributed by atoms with Crippen molar-refractivity contribution in [3.05, 3.63) is 53.9 Å². The van der Waals surface area contributed by atoms with Crippen molar-refractivity contribution in [1.82, 2.24) is 4.98 Å². The molecule has 1 aromatic carbocycles. The number of rotatable bonds is 8. The molecule has 0 saturated carbocycles. The summed E-state index contributed by atoms with van der Waals surface area (Å²) in [6, 6.07) is 16.4. The summed E-state index contributed by atoms with van der Waals surface area (Å²) >= 11 is 5.00. The van der Waals surface area contributed by atoms with Crippen molar-refractivity contribution in [3.8, 4) is 21.7 Å². The van der Waals surface area contributed by atoms with Gasteiger partial charge >= 0.3 is 6.09 Å². The monoisotopic (exact) mass is 470 g/mol. The van der Waals surface area contributed by atoms with Gasteiger partial charge < -0.3 is 0 Å². The number of anilines is 1. The zero-order valence-corrected chi connectivity index (χ0v) is 19.7. The van der Waals surface area contributed by atoms with E-state index in [1.165, 1.54) is 7.11 Å². The fourth-order valence-corrected chi connectivity index (χ4v) is 6.41. The molecule has 0 radical (unpaired) electrons. The van der Waals surface area contributed by atoms with Crippen LogP contribution in [-0.4, -0.2) is 23.9 Å². The Morgan fingerprint density at radius 2 is 2.03 bits per heavy atom. The molecule has 3 heterocycles. The van der Waals surface area contributed by atoms with Crippen LogP contribution in [0.5, 0.6) is 0 Å². The first-order valence-electron chi connectivity index (χ1n) is 9.92. The Kier molecular flexibility index (Phi) is 7.24. The van der Waals surface area contributed by atoms with Crippen LogP contribution in [0, 0.1) is 0 Å². The van der Waals surface area contributed by atoms with Gasteiger partial charge in [0.25, 0.3) is 0 Å². The summed E-state index contributed by atoms with van der Waals surface area (Å²) < 4.78 is 1.02. The lowest BCUT2D eigenvalue weighted by Crippen LogP contribution is -2.13. The van der Waals surface area contributed by atoms with E-state index in [4.69, 9.17) is 9.87 Å². The highest BCUT2D eigenvalue weighted by Gasteiger charge is 2.22. The van der Waals surface area contributed by atoms with Gasteiger partial charge in [-0.25, -0.2) is 9.78 Å². The second-order valence-electron chi connectivity index (χ2n) is 6.71. The van der Waals surface area contributed by atoms with E-state index >= 15 is 0 Å². The highest BCUT2D eigenvalue weighted by atomic mass is 32.2. The average molecular weight is 471 g/mol. The molecule has 5 nitrogen and oxygen atoms in total. The first-order valence-corrected chi connectivity index (χ1v) is 12.6. The maximum absolute atomic E-state index is 12.3. The molecule has 4 aromatic rings. The summed E-state index contributed by atoms with van der Waals surface area (Å²) in [7, 11) is 1.31. The molecule has 3 aromatic heterocycles. The van der Waals surface area contributed by atoms with E-state index in [0.717, 1.165) is 60.4 Å². The van der Waals surface area contributed by atoms with Crippen LogP contribution in [0.1, 0.15) is 19.8 Å². The molecule has 0 fully saturated rings. The van der Waals surface area contributed by atoms with E-state index < -0.39 is 6.09 Å². The van der Waals surface area contributed by atoms with Crippen molar-refractivity contribution in [2.24, 2.45) is 0 Å². The molecule has 0 spiro atoms. The topological polar surface area (TPSA) is 60.5 Å². The maximum atomic E-state index is 12.3. The Morgan fingerprint density at radius 1 is 1.19 bits per heavy atom. The summed E-state index contributed by atoms with van der Waals surface area (Å²) in [5.41, 5.74) is 3.75. The number of carbonyl (C=O) groups is 1. The molecule has 0 aliphatic rings. The number of amides is 1. The number of carbonyl (C=O) groups excluding carboxylic acids is 1. The number of unbranched alkanes of at least 4 members (excludes halogenated alkanes) is 1. The zero-order valence-electron chi connectivity index (χ0n) is 17.2. The summed E-state index contributed by atoms with van der Waals surface area (Å²) in [4.78, 5) is 28.5. The van der Waals surface area contributed by atoms with Gasteiger partial charge in [-0.15, -0.1) is 34.4 Å². The number of thiophene rings is 2. The number of benzene rings is 1. The number of pyridine rings is 1. The van der Waals surface area contributed by atoms with Gasteiger partial charge in [0.2, 0.25) is 0 Å². The number of nitrogens with one attached hydrogen (secondary N) is 1. The van der Waals surface area contributed by atoms with E-state index in [2.05, 4.69) is 46.8 Å². The molecule has 1 amide bonds. The molecule has 4 rings (SSSR count). The van der Waals surface area contributed by atoms with Crippen LogP contribution < -0.4 is 5.32 Å². The van der Waals surface area contributed by atoms with Gasteiger partial charge in [0.1, 0.15) is 4.83 Å². The molecular formula is C23H22N2O3S3. The largest absolute Gasteiger partial charge is 0.443 e. The van der Waals surface area contributed by atoms with Crippen molar-refractivity contribution < 1.29 is 14.6 Å². The molecule has 0 saturated heterocycles. The van der Waals surface area contributed by atoms with Gasteiger partial charge in [0, 0.05) is 5.39 Å². The lowest BCUT2D eigenvalue weighted by atomic mass is 10.0. The van der Waals surface area contributed by atoms with E-state index in [9.17, 15) is 4.79 Å². The number of thioether (sulfide) groups is 1. The van der Waals surface area contributed by atoms with Crippen LogP contribution in [0.25, 0.3) is 31.9 Å². The second kappa shape index (κ2) is 10.3. The van der Waals surface area contributed by atoms with E-state index in [0.29, 0.717) is 0 Å². The Hall–Kier alpha value is -2.39. The molecule has 8 heteroatoms. The Morgan fingerprint density at radius 3 is 2.74 bits per heavy atom. The molecule has 0 bridgehead atoms. The van der Waals surface area contributed by atoms with Gasteiger partial charge in [0.05, 0.1) is 27.6 Å². The van der Waals surface area contributed by atoms with Crippen molar-refractivity contribution in [1.29, 1.82) is 0 Å². The normalized spacial score (nSPS) is 11.0. The fourth-order valence-electron chi connectivity index (χ4n) is 3.20. The van der Waals surface area contributed by atoms with E-state index in [1.807, 2.05) is 24.3 Å². The SMILES string of the molecule is CCCCSc1sc2nc(-c3cccs3)cc(-c3ccccc3)c2c1NC(=O)OOC. The number of aromatic nitrogens is 1. The number of hydrogen-bond donors (Lipinski definition) is 1. The van der Waals surface area contributed by atoms with Crippen LogP contribution in [0.2, 0.25) is 0 Å². The Bertz CT molecular complexity index is 1160. The molecule has 0 atom stereocenters. The van der Waals surface area contributed by atoms with Gasteiger partial charge in [0.15, 0.2) is 0 Å². The molecular weight excluding hydrogens is 448 g/mol. The predicted octanol–water partition coefficient (Wildman–Crippen LogP) is 7.69. The second-order valence-corrected chi connectivity index (χ2v) is 10.0. The number of hydrogen-bond acceptors (Lipinski definition) is 7. The van der Waals surface area contributed by atoms with Crippen LogP contribution in [-0.2, 0) is 9.78 Å². The highest BCUT2D eigenvalue weighted by Crippen LogP contribution is 2.47. The predicted molar refractivity (Wildman–Crippen MR) is 131 cm³/mol. The summed E-state index contributed by atoms with van der Waals surface area (Å²) in [5, 5.41) is 5.86. The quantitative estimate of drug-likeness (QED) is 0.124. The molecule has 1 N–H and O–H groups in total. The standard InChI is InChI=1S/C23H22N2O3S3/c1-3-4-12-30-22-20(25-23(26)28-27-2)19-16(15-9-6-5-7-10-15)14-17(24-21(19)31-22)18-11-8-13-29-18/h5-11,13-14H,3-4,12H2,1-2H3,(H,25,26). The lowest BCUT2D eigenvalue weighted by molar-refractivity contribution is -0.208. The number of nitrogens with zero attached hydrogens (tertiary/aromatic N) is 1. The lowest BCUT2D eigenvalue weighted by Gasteiger charge is -2.10. The minimum atomic E-state index is -0.652. The van der Waals surface area contributed by atoms with Crippen LogP contribution in [0.4, 0.5) is 10.5 Å². The molecule has 0 unspecified atom stereocenters. The van der Waals surface area contributed by atoms with Crippen molar-refractivity contribution in [2.45, 2.75) is 24.0 Å². The first kappa shape index (κ1) is 21.8. The first-order chi connectivity index (χ1) is 15.2. The molecule has 160 valence electrons. The van der Waals surface area contributed by atoms with Crippen LogP contribution >= 0.6 is 34.4 Å². The summed E-state index contributed by atoms with van der Waals surface area (Å²) in [6.07, 6.45) is 1.56. The maximum Gasteiger partial charge on any atom is 0.443 e. The zero-order chi connectivity index (χ0) is 21.6. The smallest absolute Gasteiger partial charge is 0.286 e. The minimum absolute atomic E-state index is 0.652. The van der Waals surface area contributed by atoms with Crippen LogP contribution in [0.15, 0.2) is 58.1 Å². The molecule has 0 aliphatic heterocycles. The Labute approximate surface area is 193 Å². The summed E-state index contributed by atoms with van der Waals surface area (Å²) in [6.45, 7) is 2.17. The average Bonchev–Trinajstić information content (AvgIpc) is 3.43. The van der Waals surface area contributed by atoms with Gasteiger partial charge in [-0.3, -0.25) is 10.2 Å². The highest BCUT2D eigenvalue weighted by molar-refractivity contribution is 8.01. The van der Waals surface area contributed by atoms with E-state index in [-0.39, 0.29) is 0 Å². The van der Waals surface area contributed by atoms with Gasteiger partial charge in [-0.05, 0) is 40.8 Å². The van der Waals surface area contributed by atoms with Crippen molar-refractivity contribution in [2.75, 3.05) is 18.2 Å². The third kappa shape index (κ3) is 4.93.